The average Bonchev–Trinajstić information content (AvgIpc) is 2.77. The van der Waals surface area contributed by atoms with E-state index in [1.54, 1.807) is 12.1 Å². The number of nitro benzene ring substituents is 1. The molecule has 2 unspecified atom stereocenters. The number of nitro groups is 1. The molecular formula is C24H26N4O2S. The Morgan fingerprint density at radius 1 is 0.839 bits per heavy atom. The van der Waals surface area contributed by atoms with Crippen molar-refractivity contribution in [3.05, 3.63) is 106 Å². The van der Waals surface area contributed by atoms with E-state index in [2.05, 4.69) is 54.1 Å². The van der Waals surface area contributed by atoms with E-state index >= 15 is 0 Å². The first-order valence-electron chi connectivity index (χ1n) is 10.1. The molecule has 0 spiro atoms. The van der Waals surface area contributed by atoms with Gasteiger partial charge in [-0.15, -0.1) is 0 Å². The van der Waals surface area contributed by atoms with Crippen molar-refractivity contribution < 1.29 is 4.92 Å². The van der Waals surface area contributed by atoms with Crippen molar-refractivity contribution in [2.24, 2.45) is 0 Å². The zero-order chi connectivity index (χ0) is 22.2. The highest BCUT2D eigenvalue weighted by Crippen LogP contribution is 2.30. The SMILES string of the molecule is CC(C)NC(c1ccccc1)C(NC(=S)Nc1ccc([N+](=O)[O-])cc1)c1ccccc1. The molecule has 31 heavy (non-hydrogen) atoms. The number of nitrogens with zero attached hydrogens (tertiary/aromatic N) is 1. The topological polar surface area (TPSA) is 79.2 Å². The first-order valence-corrected chi connectivity index (χ1v) is 10.5. The molecule has 160 valence electrons. The van der Waals surface area contributed by atoms with Crippen molar-refractivity contribution in [2.75, 3.05) is 5.32 Å². The summed E-state index contributed by atoms with van der Waals surface area (Å²) in [5, 5.41) is 21.6. The van der Waals surface area contributed by atoms with Crippen LogP contribution in [0.2, 0.25) is 0 Å². The Morgan fingerprint density at radius 3 is 1.84 bits per heavy atom. The van der Waals surface area contributed by atoms with Gasteiger partial charge < -0.3 is 16.0 Å². The van der Waals surface area contributed by atoms with Gasteiger partial charge in [-0.2, -0.15) is 0 Å². The maximum absolute atomic E-state index is 10.9. The Morgan fingerprint density at radius 2 is 1.35 bits per heavy atom. The normalized spacial score (nSPS) is 12.7. The Bertz CT molecular complexity index is 995. The van der Waals surface area contributed by atoms with Gasteiger partial charge in [0.1, 0.15) is 0 Å². The van der Waals surface area contributed by atoms with Crippen LogP contribution in [0.15, 0.2) is 84.9 Å². The lowest BCUT2D eigenvalue weighted by Crippen LogP contribution is -2.42. The summed E-state index contributed by atoms with van der Waals surface area (Å²) in [7, 11) is 0. The average molecular weight is 435 g/mol. The molecule has 2 atom stereocenters. The minimum atomic E-state index is -0.423. The fraction of sp³-hybridized carbons (Fsp3) is 0.208. The molecule has 0 saturated heterocycles. The van der Waals surface area contributed by atoms with E-state index in [9.17, 15) is 10.1 Å². The maximum atomic E-state index is 10.9. The molecule has 0 radical (unpaired) electrons. The second kappa shape index (κ2) is 10.7. The minimum absolute atomic E-state index is 0.0276. The van der Waals surface area contributed by atoms with Gasteiger partial charge in [-0.05, 0) is 35.5 Å². The van der Waals surface area contributed by atoms with E-state index in [-0.39, 0.29) is 23.8 Å². The van der Waals surface area contributed by atoms with Crippen LogP contribution in [-0.4, -0.2) is 16.1 Å². The molecule has 6 nitrogen and oxygen atoms in total. The molecule has 7 heteroatoms. The number of benzene rings is 3. The summed E-state index contributed by atoms with van der Waals surface area (Å²) in [6.07, 6.45) is 0. The van der Waals surface area contributed by atoms with Crippen molar-refractivity contribution in [3.63, 3.8) is 0 Å². The molecular weight excluding hydrogens is 408 g/mol. The molecule has 0 aliphatic carbocycles. The predicted octanol–water partition coefficient (Wildman–Crippen LogP) is 5.36. The highest BCUT2D eigenvalue weighted by atomic mass is 32.1. The Hall–Kier alpha value is -3.29. The lowest BCUT2D eigenvalue weighted by atomic mass is 9.92. The quantitative estimate of drug-likeness (QED) is 0.252. The van der Waals surface area contributed by atoms with Gasteiger partial charge in [0.25, 0.3) is 5.69 Å². The Balaban J connectivity index is 1.86. The Labute approximate surface area is 187 Å². The first kappa shape index (κ1) is 22.4. The van der Waals surface area contributed by atoms with Gasteiger partial charge in [0.15, 0.2) is 5.11 Å². The van der Waals surface area contributed by atoms with Crippen LogP contribution in [0, 0.1) is 10.1 Å². The van der Waals surface area contributed by atoms with Gasteiger partial charge in [-0.3, -0.25) is 10.1 Å². The third-order valence-electron chi connectivity index (χ3n) is 4.79. The summed E-state index contributed by atoms with van der Waals surface area (Å²) < 4.78 is 0. The Kier molecular flexibility index (Phi) is 7.70. The predicted molar refractivity (Wildman–Crippen MR) is 129 cm³/mol. The molecule has 0 fully saturated rings. The van der Waals surface area contributed by atoms with Crippen LogP contribution in [0.1, 0.15) is 37.1 Å². The number of nitrogens with one attached hydrogen (secondary N) is 3. The van der Waals surface area contributed by atoms with Crippen molar-refractivity contribution in [1.82, 2.24) is 10.6 Å². The van der Waals surface area contributed by atoms with Gasteiger partial charge >= 0.3 is 0 Å². The second-order valence-electron chi connectivity index (χ2n) is 7.50. The van der Waals surface area contributed by atoms with Gasteiger partial charge in [-0.25, -0.2) is 0 Å². The smallest absolute Gasteiger partial charge is 0.269 e. The summed E-state index contributed by atoms with van der Waals surface area (Å²) >= 11 is 5.60. The molecule has 0 bridgehead atoms. The molecule has 0 aliphatic rings. The van der Waals surface area contributed by atoms with Gasteiger partial charge in [0, 0.05) is 23.9 Å². The third kappa shape index (κ3) is 6.34. The summed E-state index contributed by atoms with van der Waals surface area (Å²) in [5.74, 6) is 0. The van der Waals surface area contributed by atoms with Crippen LogP contribution in [0.4, 0.5) is 11.4 Å². The molecule has 0 heterocycles. The summed E-state index contributed by atoms with van der Waals surface area (Å²) in [4.78, 5) is 10.5. The van der Waals surface area contributed by atoms with Gasteiger partial charge in [0.2, 0.25) is 0 Å². The van der Waals surface area contributed by atoms with E-state index in [4.69, 9.17) is 12.2 Å². The highest BCUT2D eigenvalue weighted by molar-refractivity contribution is 7.80. The zero-order valence-electron chi connectivity index (χ0n) is 17.5. The van der Waals surface area contributed by atoms with E-state index < -0.39 is 4.92 Å². The van der Waals surface area contributed by atoms with Crippen molar-refractivity contribution >= 4 is 28.7 Å². The lowest BCUT2D eigenvalue weighted by molar-refractivity contribution is -0.384. The molecule has 0 aromatic heterocycles. The fourth-order valence-electron chi connectivity index (χ4n) is 3.40. The summed E-state index contributed by atoms with van der Waals surface area (Å²) in [5.41, 5.74) is 2.97. The summed E-state index contributed by atoms with van der Waals surface area (Å²) in [6, 6.07) is 26.7. The minimum Gasteiger partial charge on any atom is -0.354 e. The van der Waals surface area contributed by atoms with Crippen LogP contribution in [0.25, 0.3) is 0 Å². The number of rotatable bonds is 8. The number of thiocarbonyl (C=S) groups is 1. The maximum Gasteiger partial charge on any atom is 0.269 e. The van der Waals surface area contributed by atoms with E-state index in [1.165, 1.54) is 12.1 Å². The van der Waals surface area contributed by atoms with E-state index in [1.807, 2.05) is 36.4 Å². The number of anilines is 1. The highest BCUT2D eigenvalue weighted by Gasteiger charge is 2.26. The molecule has 0 amide bonds. The lowest BCUT2D eigenvalue weighted by Gasteiger charge is -2.32. The molecule has 0 saturated carbocycles. The largest absolute Gasteiger partial charge is 0.354 e. The monoisotopic (exact) mass is 434 g/mol. The van der Waals surface area contributed by atoms with Crippen LogP contribution < -0.4 is 16.0 Å². The number of non-ortho nitro benzene ring substituents is 1. The van der Waals surface area contributed by atoms with Crippen LogP contribution in [-0.2, 0) is 0 Å². The van der Waals surface area contributed by atoms with E-state index in [0.29, 0.717) is 10.8 Å². The van der Waals surface area contributed by atoms with Crippen LogP contribution in [0.5, 0.6) is 0 Å². The van der Waals surface area contributed by atoms with Gasteiger partial charge in [-0.1, -0.05) is 74.5 Å². The second-order valence-corrected chi connectivity index (χ2v) is 7.91. The fourth-order valence-corrected chi connectivity index (χ4v) is 3.64. The molecule has 0 aliphatic heterocycles. The standard InChI is InChI=1S/C24H26N4O2S/c1-17(2)25-22(18-9-5-3-6-10-18)23(19-11-7-4-8-12-19)27-24(31)26-20-13-15-21(16-14-20)28(29)30/h3-17,22-23,25H,1-2H3,(H2,26,27,31). The zero-order valence-corrected chi connectivity index (χ0v) is 18.3. The first-order chi connectivity index (χ1) is 14.9. The van der Waals surface area contributed by atoms with E-state index in [0.717, 1.165) is 11.1 Å². The summed E-state index contributed by atoms with van der Waals surface area (Å²) in [6.45, 7) is 4.23. The van der Waals surface area contributed by atoms with Crippen molar-refractivity contribution in [1.29, 1.82) is 0 Å². The molecule has 3 aromatic rings. The van der Waals surface area contributed by atoms with Crippen molar-refractivity contribution in [3.8, 4) is 0 Å². The van der Waals surface area contributed by atoms with Crippen LogP contribution >= 0.6 is 12.2 Å². The molecule has 3 N–H and O–H groups in total. The molecule has 3 rings (SSSR count). The molecule has 3 aromatic carbocycles. The van der Waals surface area contributed by atoms with Crippen molar-refractivity contribution in [2.45, 2.75) is 32.0 Å². The number of hydrogen-bond acceptors (Lipinski definition) is 4. The van der Waals surface area contributed by atoms with Crippen LogP contribution in [0.3, 0.4) is 0 Å². The third-order valence-corrected chi connectivity index (χ3v) is 5.01. The van der Waals surface area contributed by atoms with Gasteiger partial charge in [0.05, 0.1) is 17.0 Å². The number of hydrogen-bond donors (Lipinski definition) is 3.